The standard InChI is InChI=1S/C24H21FN4O4/c1-15-4-2-10-29-21(15)28-23(33-18-8-6-17(25)7-9-18)20(24(29)31)12-16(13-26)22(30)27-14-19-5-3-11-32-19/h2,4,6-10,12,19H,3,5,11,14H2,1H3,(H,27,30)/b16-12+/t19-/m1/s1. The van der Waals surface area contributed by atoms with E-state index in [9.17, 15) is 19.2 Å². The van der Waals surface area contributed by atoms with E-state index in [0.29, 0.717) is 12.3 Å². The Labute approximate surface area is 188 Å². The summed E-state index contributed by atoms with van der Waals surface area (Å²) in [5, 5.41) is 12.3. The van der Waals surface area contributed by atoms with Crippen LogP contribution in [0.25, 0.3) is 11.7 Å². The Kier molecular flexibility index (Phi) is 6.47. The molecule has 3 aromatic rings. The van der Waals surface area contributed by atoms with Crippen LogP contribution in [0.3, 0.4) is 0 Å². The van der Waals surface area contributed by atoms with Crippen LogP contribution in [0.15, 0.2) is 53.0 Å². The van der Waals surface area contributed by atoms with Gasteiger partial charge in [-0.15, -0.1) is 0 Å². The Morgan fingerprint density at radius 3 is 2.88 bits per heavy atom. The van der Waals surface area contributed by atoms with Gasteiger partial charge in [0.25, 0.3) is 11.5 Å². The van der Waals surface area contributed by atoms with Crippen LogP contribution in [0, 0.1) is 24.1 Å². The molecule has 1 aliphatic rings. The second-order valence-corrected chi connectivity index (χ2v) is 7.59. The average molecular weight is 448 g/mol. The molecule has 0 saturated carbocycles. The van der Waals surface area contributed by atoms with Crippen molar-refractivity contribution >= 4 is 17.6 Å². The van der Waals surface area contributed by atoms with Crippen LogP contribution in [0.1, 0.15) is 24.0 Å². The zero-order valence-corrected chi connectivity index (χ0v) is 17.9. The number of carbonyl (C=O) groups is 1. The monoisotopic (exact) mass is 448 g/mol. The lowest BCUT2D eigenvalue weighted by molar-refractivity contribution is -0.117. The topological polar surface area (TPSA) is 106 Å². The number of benzene rings is 1. The number of pyridine rings is 1. The van der Waals surface area contributed by atoms with Crippen molar-refractivity contribution in [3.63, 3.8) is 0 Å². The van der Waals surface area contributed by atoms with Crippen molar-refractivity contribution in [2.24, 2.45) is 0 Å². The molecule has 33 heavy (non-hydrogen) atoms. The summed E-state index contributed by atoms with van der Waals surface area (Å²) in [4.78, 5) is 30.3. The van der Waals surface area contributed by atoms with Crippen LogP contribution in [-0.4, -0.2) is 34.5 Å². The highest BCUT2D eigenvalue weighted by Gasteiger charge is 2.20. The summed E-state index contributed by atoms with van der Waals surface area (Å²) in [5.74, 6) is -0.924. The van der Waals surface area contributed by atoms with E-state index >= 15 is 0 Å². The number of nitriles is 1. The number of ether oxygens (including phenoxy) is 2. The van der Waals surface area contributed by atoms with Crippen molar-refractivity contribution in [3.05, 3.63) is 75.5 Å². The molecule has 1 aromatic carbocycles. The largest absolute Gasteiger partial charge is 0.438 e. The third-order valence-corrected chi connectivity index (χ3v) is 5.25. The van der Waals surface area contributed by atoms with Crippen LogP contribution in [-0.2, 0) is 9.53 Å². The maximum atomic E-state index is 13.3. The summed E-state index contributed by atoms with van der Waals surface area (Å²) in [6, 6.07) is 10.5. The maximum absolute atomic E-state index is 13.3. The Bertz CT molecular complexity index is 1320. The Morgan fingerprint density at radius 2 is 2.18 bits per heavy atom. The van der Waals surface area contributed by atoms with Gasteiger partial charge < -0.3 is 14.8 Å². The quantitative estimate of drug-likeness (QED) is 0.459. The van der Waals surface area contributed by atoms with Gasteiger partial charge in [-0.2, -0.15) is 10.2 Å². The van der Waals surface area contributed by atoms with Crippen LogP contribution in [0.5, 0.6) is 11.6 Å². The lowest BCUT2D eigenvalue weighted by Gasteiger charge is -2.12. The van der Waals surface area contributed by atoms with Crippen molar-refractivity contribution in [1.82, 2.24) is 14.7 Å². The molecule has 1 N–H and O–H groups in total. The fourth-order valence-electron chi connectivity index (χ4n) is 3.51. The Hall–Kier alpha value is -4.03. The van der Waals surface area contributed by atoms with Crippen molar-refractivity contribution in [2.45, 2.75) is 25.9 Å². The number of rotatable bonds is 6. The van der Waals surface area contributed by atoms with Gasteiger partial charge in [-0.3, -0.25) is 14.0 Å². The molecule has 9 heteroatoms. The van der Waals surface area contributed by atoms with Gasteiger partial charge in [0.05, 0.1) is 6.10 Å². The summed E-state index contributed by atoms with van der Waals surface area (Å²) in [6.07, 6.45) is 4.36. The number of hydrogen-bond acceptors (Lipinski definition) is 6. The highest BCUT2D eigenvalue weighted by atomic mass is 19.1. The number of halogens is 1. The first-order chi connectivity index (χ1) is 16.0. The van der Waals surface area contributed by atoms with E-state index in [4.69, 9.17) is 9.47 Å². The molecule has 0 bridgehead atoms. The lowest BCUT2D eigenvalue weighted by atomic mass is 10.1. The van der Waals surface area contributed by atoms with E-state index in [2.05, 4.69) is 10.3 Å². The number of hydrogen-bond donors (Lipinski definition) is 1. The molecule has 3 heterocycles. The molecule has 1 fully saturated rings. The van der Waals surface area contributed by atoms with Crippen molar-refractivity contribution in [2.75, 3.05) is 13.2 Å². The minimum Gasteiger partial charge on any atom is -0.438 e. The molecular formula is C24H21FN4O4. The van der Waals surface area contributed by atoms with Gasteiger partial charge in [0.2, 0.25) is 5.88 Å². The van der Waals surface area contributed by atoms with E-state index < -0.39 is 17.3 Å². The average Bonchev–Trinajstić information content (AvgIpc) is 3.33. The number of nitrogens with one attached hydrogen (secondary N) is 1. The number of fused-ring (bicyclic) bond motifs is 1. The Morgan fingerprint density at radius 1 is 1.39 bits per heavy atom. The third-order valence-electron chi connectivity index (χ3n) is 5.25. The smallest absolute Gasteiger partial charge is 0.269 e. The normalized spacial score (nSPS) is 15.9. The van der Waals surface area contributed by atoms with Crippen LogP contribution in [0.4, 0.5) is 4.39 Å². The van der Waals surface area contributed by atoms with Crippen LogP contribution >= 0.6 is 0 Å². The van der Waals surface area contributed by atoms with E-state index in [1.54, 1.807) is 25.3 Å². The number of aryl methyl sites for hydroxylation is 1. The second kappa shape index (κ2) is 9.63. The molecule has 8 nitrogen and oxygen atoms in total. The molecule has 1 saturated heterocycles. The van der Waals surface area contributed by atoms with Gasteiger partial charge in [-0.25, -0.2) is 4.39 Å². The second-order valence-electron chi connectivity index (χ2n) is 7.59. The molecule has 0 spiro atoms. The fraction of sp³-hybridized carbons (Fsp3) is 0.250. The predicted molar refractivity (Wildman–Crippen MR) is 118 cm³/mol. The summed E-state index contributed by atoms with van der Waals surface area (Å²) in [6.45, 7) is 2.70. The zero-order chi connectivity index (χ0) is 23.4. The van der Waals surface area contributed by atoms with E-state index in [0.717, 1.165) is 24.5 Å². The summed E-state index contributed by atoms with van der Waals surface area (Å²) in [5.41, 5.74) is 0.220. The minimum absolute atomic E-state index is 0.0776. The first kappa shape index (κ1) is 22.2. The Balaban J connectivity index is 1.75. The van der Waals surface area contributed by atoms with Crippen LogP contribution in [0.2, 0.25) is 0 Å². The van der Waals surface area contributed by atoms with Gasteiger partial charge in [0.1, 0.15) is 34.4 Å². The molecule has 1 atom stereocenters. The molecule has 1 aliphatic heterocycles. The highest BCUT2D eigenvalue weighted by molar-refractivity contribution is 6.01. The number of nitrogens with zero attached hydrogens (tertiary/aromatic N) is 3. The third kappa shape index (κ3) is 4.91. The van der Waals surface area contributed by atoms with Gasteiger partial charge >= 0.3 is 0 Å². The molecule has 0 unspecified atom stereocenters. The van der Waals surface area contributed by atoms with Crippen molar-refractivity contribution in [1.29, 1.82) is 5.26 Å². The molecule has 1 amide bonds. The van der Waals surface area contributed by atoms with Crippen molar-refractivity contribution < 1.29 is 18.7 Å². The van der Waals surface area contributed by atoms with E-state index in [1.807, 2.05) is 6.07 Å². The summed E-state index contributed by atoms with van der Waals surface area (Å²) in [7, 11) is 0. The SMILES string of the molecule is Cc1cccn2c(=O)c(/C=C(\C#N)C(=O)NC[C@H]3CCCO3)c(Oc3ccc(F)cc3)nc12. The van der Waals surface area contributed by atoms with Gasteiger partial charge in [0.15, 0.2) is 0 Å². The molecular weight excluding hydrogens is 427 g/mol. The first-order valence-corrected chi connectivity index (χ1v) is 10.4. The van der Waals surface area contributed by atoms with E-state index in [-0.39, 0.29) is 35.4 Å². The summed E-state index contributed by atoms with van der Waals surface area (Å²) < 4.78 is 25.9. The van der Waals surface area contributed by atoms with Gasteiger partial charge in [-0.1, -0.05) is 6.07 Å². The molecule has 0 aliphatic carbocycles. The molecule has 0 radical (unpaired) electrons. The molecule has 168 valence electrons. The zero-order valence-electron chi connectivity index (χ0n) is 17.9. The van der Waals surface area contributed by atoms with Crippen LogP contribution < -0.4 is 15.6 Å². The van der Waals surface area contributed by atoms with E-state index in [1.165, 1.54) is 28.7 Å². The van der Waals surface area contributed by atoms with Gasteiger partial charge in [-0.05, 0) is 61.7 Å². The number of aromatic nitrogens is 2. The predicted octanol–water partition coefficient (Wildman–Crippen LogP) is 3.14. The molecule has 4 rings (SSSR count). The highest BCUT2D eigenvalue weighted by Crippen LogP contribution is 2.25. The summed E-state index contributed by atoms with van der Waals surface area (Å²) >= 11 is 0. The van der Waals surface area contributed by atoms with Gasteiger partial charge in [0, 0.05) is 19.3 Å². The molecule has 2 aromatic heterocycles. The number of amides is 1. The van der Waals surface area contributed by atoms with Crippen molar-refractivity contribution in [3.8, 4) is 17.7 Å². The maximum Gasteiger partial charge on any atom is 0.269 e. The minimum atomic E-state index is -0.630. The fourth-order valence-corrected chi connectivity index (χ4v) is 3.51. The first-order valence-electron chi connectivity index (χ1n) is 10.4. The lowest BCUT2D eigenvalue weighted by Crippen LogP contribution is -2.32. The number of carbonyl (C=O) groups excluding carboxylic acids is 1.